The van der Waals surface area contributed by atoms with Crippen LogP contribution in [-0.4, -0.2) is 37.4 Å². The Kier molecular flexibility index (Phi) is 3.29. The molecule has 1 aliphatic heterocycles. The van der Waals surface area contributed by atoms with Gasteiger partial charge in [0.2, 0.25) is 0 Å². The molecule has 0 amide bonds. The van der Waals surface area contributed by atoms with Gasteiger partial charge in [0.05, 0.1) is 6.20 Å². The largest absolute Gasteiger partial charge is 0.314 e. The minimum atomic E-state index is -0.103. The zero-order chi connectivity index (χ0) is 13.2. The molecular weight excluding hydrogens is 244 g/mol. The van der Waals surface area contributed by atoms with Crippen molar-refractivity contribution in [1.82, 2.24) is 30.1 Å². The molecule has 7 heteroatoms. The number of hydrogen-bond donors (Lipinski definition) is 1. The summed E-state index contributed by atoms with van der Waals surface area (Å²) >= 11 is 0. The molecule has 3 rings (SSSR count). The third-order valence-electron chi connectivity index (χ3n) is 3.72. The standard InChI is InChI=1S/C12H18N6O/c1-17-11-10(8-14-17)12(19)18(16-15-11)7-5-9-4-2-3-6-13-9/h8-9,13H,2-7H2,1H3. The second kappa shape index (κ2) is 5.08. The molecule has 1 unspecified atom stereocenters. The molecule has 7 nitrogen and oxygen atoms in total. The van der Waals surface area contributed by atoms with Crippen LogP contribution in [0.3, 0.4) is 0 Å². The maximum atomic E-state index is 12.2. The summed E-state index contributed by atoms with van der Waals surface area (Å²) in [5.41, 5.74) is 0.436. The van der Waals surface area contributed by atoms with Crippen LogP contribution in [-0.2, 0) is 13.6 Å². The molecule has 1 saturated heterocycles. The van der Waals surface area contributed by atoms with Gasteiger partial charge in [0, 0.05) is 19.6 Å². The third kappa shape index (κ3) is 2.37. The molecule has 3 heterocycles. The fourth-order valence-corrected chi connectivity index (χ4v) is 2.57. The van der Waals surface area contributed by atoms with Gasteiger partial charge in [0.1, 0.15) is 5.39 Å². The Bertz CT molecular complexity index is 625. The lowest BCUT2D eigenvalue weighted by Crippen LogP contribution is -2.36. The van der Waals surface area contributed by atoms with E-state index in [1.165, 1.54) is 23.9 Å². The quantitative estimate of drug-likeness (QED) is 0.846. The summed E-state index contributed by atoms with van der Waals surface area (Å²) in [6, 6.07) is 0.493. The molecule has 0 saturated carbocycles. The minimum absolute atomic E-state index is 0.103. The number of aryl methyl sites for hydroxylation is 2. The molecule has 0 aliphatic carbocycles. The van der Waals surface area contributed by atoms with E-state index in [-0.39, 0.29) is 5.56 Å². The smallest absolute Gasteiger partial charge is 0.280 e. The average molecular weight is 262 g/mol. The summed E-state index contributed by atoms with van der Waals surface area (Å²) in [7, 11) is 1.76. The third-order valence-corrected chi connectivity index (χ3v) is 3.72. The van der Waals surface area contributed by atoms with Gasteiger partial charge < -0.3 is 5.32 Å². The Balaban J connectivity index is 1.77. The molecule has 1 N–H and O–H groups in total. The van der Waals surface area contributed by atoms with Crippen molar-refractivity contribution >= 4 is 11.0 Å². The highest BCUT2D eigenvalue weighted by molar-refractivity contribution is 5.72. The minimum Gasteiger partial charge on any atom is -0.314 e. The van der Waals surface area contributed by atoms with E-state index < -0.39 is 0 Å². The summed E-state index contributed by atoms with van der Waals surface area (Å²) in [5.74, 6) is 0. The number of piperidine rings is 1. The van der Waals surface area contributed by atoms with E-state index in [1.807, 2.05) is 0 Å². The van der Waals surface area contributed by atoms with E-state index in [9.17, 15) is 4.79 Å². The first-order chi connectivity index (χ1) is 9.25. The Labute approximate surface area is 110 Å². The van der Waals surface area contributed by atoms with Crippen LogP contribution in [0, 0.1) is 0 Å². The number of hydrogen-bond acceptors (Lipinski definition) is 5. The van der Waals surface area contributed by atoms with Gasteiger partial charge in [0.15, 0.2) is 5.65 Å². The molecule has 1 aliphatic rings. The van der Waals surface area contributed by atoms with Crippen molar-refractivity contribution in [2.75, 3.05) is 6.54 Å². The van der Waals surface area contributed by atoms with Crippen LogP contribution in [0.15, 0.2) is 11.0 Å². The topological polar surface area (TPSA) is 77.6 Å². The summed E-state index contributed by atoms with van der Waals surface area (Å²) < 4.78 is 3.01. The number of rotatable bonds is 3. The molecule has 2 aromatic heterocycles. The van der Waals surface area contributed by atoms with Gasteiger partial charge in [-0.1, -0.05) is 11.6 Å². The lowest BCUT2D eigenvalue weighted by Gasteiger charge is -2.23. The lowest BCUT2D eigenvalue weighted by molar-refractivity contribution is 0.354. The van der Waals surface area contributed by atoms with E-state index in [1.54, 1.807) is 17.9 Å². The van der Waals surface area contributed by atoms with Gasteiger partial charge >= 0.3 is 0 Å². The Morgan fingerprint density at radius 3 is 3.16 bits per heavy atom. The monoisotopic (exact) mass is 262 g/mol. The number of nitrogens with one attached hydrogen (secondary N) is 1. The SMILES string of the molecule is Cn1ncc2c(=O)n(CCC3CCCCN3)nnc21. The highest BCUT2D eigenvalue weighted by Gasteiger charge is 2.14. The zero-order valence-corrected chi connectivity index (χ0v) is 11.0. The second-order valence-corrected chi connectivity index (χ2v) is 5.06. The van der Waals surface area contributed by atoms with E-state index in [0.29, 0.717) is 23.6 Å². The van der Waals surface area contributed by atoms with Crippen LogP contribution in [0.4, 0.5) is 0 Å². The van der Waals surface area contributed by atoms with Crippen LogP contribution >= 0.6 is 0 Å². The molecule has 0 bridgehead atoms. The van der Waals surface area contributed by atoms with Crippen LogP contribution in [0.1, 0.15) is 25.7 Å². The predicted octanol–water partition coefficient (Wildman–Crippen LogP) is 0.0572. The summed E-state index contributed by atoms with van der Waals surface area (Å²) in [4.78, 5) is 12.2. The molecule has 1 fully saturated rings. The van der Waals surface area contributed by atoms with Crippen molar-refractivity contribution in [2.24, 2.45) is 7.05 Å². The fraction of sp³-hybridized carbons (Fsp3) is 0.667. The zero-order valence-electron chi connectivity index (χ0n) is 11.0. The number of fused-ring (bicyclic) bond motifs is 1. The van der Waals surface area contributed by atoms with Gasteiger partial charge in [-0.25, -0.2) is 9.36 Å². The van der Waals surface area contributed by atoms with Crippen LogP contribution in [0.5, 0.6) is 0 Å². The summed E-state index contributed by atoms with van der Waals surface area (Å²) in [6.07, 6.45) is 6.16. The van der Waals surface area contributed by atoms with E-state index >= 15 is 0 Å². The molecule has 0 radical (unpaired) electrons. The first-order valence-electron chi connectivity index (χ1n) is 6.74. The van der Waals surface area contributed by atoms with Gasteiger partial charge in [-0.05, 0) is 25.8 Å². The molecule has 1 atom stereocenters. The highest BCUT2D eigenvalue weighted by atomic mass is 16.1. The number of nitrogens with zero attached hydrogens (tertiary/aromatic N) is 5. The van der Waals surface area contributed by atoms with Crippen molar-refractivity contribution < 1.29 is 0 Å². The van der Waals surface area contributed by atoms with Crippen molar-refractivity contribution in [2.45, 2.75) is 38.3 Å². The maximum absolute atomic E-state index is 12.2. The summed E-state index contributed by atoms with van der Waals surface area (Å²) in [5, 5.41) is 16.1. The summed E-state index contributed by atoms with van der Waals surface area (Å²) in [6.45, 7) is 1.68. The normalized spacial score (nSPS) is 19.9. The Morgan fingerprint density at radius 2 is 2.37 bits per heavy atom. The van der Waals surface area contributed by atoms with Crippen molar-refractivity contribution in [3.05, 3.63) is 16.6 Å². The lowest BCUT2D eigenvalue weighted by atomic mass is 10.0. The van der Waals surface area contributed by atoms with Crippen LogP contribution in [0.2, 0.25) is 0 Å². The van der Waals surface area contributed by atoms with E-state index in [4.69, 9.17) is 0 Å². The molecular formula is C12H18N6O. The maximum Gasteiger partial charge on any atom is 0.280 e. The van der Waals surface area contributed by atoms with Crippen molar-refractivity contribution in [3.63, 3.8) is 0 Å². The van der Waals surface area contributed by atoms with Gasteiger partial charge in [-0.2, -0.15) is 5.10 Å². The molecule has 2 aromatic rings. The molecule has 19 heavy (non-hydrogen) atoms. The molecule has 0 aromatic carbocycles. The second-order valence-electron chi connectivity index (χ2n) is 5.06. The Hall–Kier alpha value is -1.76. The van der Waals surface area contributed by atoms with Gasteiger partial charge in [-0.3, -0.25) is 4.79 Å². The number of aromatic nitrogens is 5. The first kappa shape index (κ1) is 12.3. The van der Waals surface area contributed by atoms with Crippen molar-refractivity contribution in [1.29, 1.82) is 0 Å². The van der Waals surface area contributed by atoms with E-state index in [0.717, 1.165) is 13.0 Å². The molecule has 0 spiro atoms. The average Bonchev–Trinajstić information content (AvgIpc) is 2.82. The van der Waals surface area contributed by atoms with Gasteiger partial charge in [-0.15, -0.1) is 5.10 Å². The van der Waals surface area contributed by atoms with Crippen molar-refractivity contribution in [3.8, 4) is 0 Å². The molecule has 102 valence electrons. The first-order valence-corrected chi connectivity index (χ1v) is 6.74. The predicted molar refractivity (Wildman–Crippen MR) is 70.8 cm³/mol. The Morgan fingerprint density at radius 1 is 1.47 bits per heavy atom. The van der Waals surface area contributed by atoms with Crippen LogP contribution < -0.4 is 10.9 Å². The van der Waals surface area contributed by atoms with E-state index in [2.05, 4.69) is 20.7 Å². The fourth-order valence-electron chi connectivity index (χ4n) is 2.57. The van der Waals surface area contributed by atoms with Gasteiger partial charge in [0.25, 0.3) is 5.56 Å². The van der Waals surface area contributed by atoms with Crippen LogP contribution in [0.25, 0.3) is 11.0 Å². The highest BCUT2D eigenvalue weighted by Crippen LogP contribution is 2.10.